The predicted octanol–water partition coefficient (Wildman–Crippen LogP) is 3.09. The number of methoxy groups -OCH3 is 1. The normalized spacial score (nSPS) is 14.4. The number of carbonyl (C=O) groups is 2. The summed E-state index contributed by atoms with van der Waals surface area (Å²) in [5.74, 6) is -1.34. The van der Waals surface area contributed by atoms with Crippen molar-refractivity contribution in [1.82, 2.24) is 30.8 Å². The minimum absolute atomic E-state index is 0.144. The molecule has 0 saturated carbocycles. The number of aromatic nitrogens is 6. The van der Waals surface area contributed by atoms with Gasteiger partial charge in [0.2, 0.25) is 11.7 Å². The molecule has 198 valence electrons. The van der Waals surface area contributed by atoms with Gasteiger partial charge in [-0.2, -0.15) is 23.5 Å². The Morgan fingerprint density at radius 3 is 2.61 bits per heavy atom. The molecule has 4 N–H and O–H groups in total. The summed E-state index contributed by atoms with van der Waals surface area (Å²) in [5.41, 5.74) is 4.01. The molecule has 3 heterocycles. The largest absolute Gasteiger partial charge is 0.497 e. The first kappa shape index (κ1) is 26.1. The first-order valence-corrected chi connectivity index (χ1v) is 10.9. The number of rotatable bonds is 5. The average molecular weight is 531 g/mol. The van der Waals surface area contributed by atoms with Gasteiger partial charge < -0.3 is 19.9 Å². The maximum Gasteiger partial charge on any atom is 0.490 e. The Morgan fingerprint density at radius 2 is 1.97 bits per heavy atom. The summed E-state index contributed by atoms with van der Waals surface area (Å²) in [5, 5.41) is 31.2. The second-order valence-electron chi connectivity index (χ2n) is 7.96. The fourth-order valence-corrected chi connectivity index (χ4v) is 3.60. The van der Waals surface area contributed by atoms with Crippen molar-refractivity contribution >= 4 is 17.6 Å². The molecule has 4 aromatic rings. The standard InChI is InChI=1S/C21H19N7O3.C2HF3O2/c1-30-16-3-5-19-13(7-16)6-14(11-31-19)21(29)24-18-4-2-12(15-9-22-23-10-15)8-17(18)20-25-27-28-26-20;3-2(4,5)1(6)7/h2-5,7-10,14H,6,11H2,1H3,(H,22,23)(H,24,29)(H,25,26,27,28);(H,6,7). The van der Waals surface area contributed by atoms with E-state index in [1.54, 1.807) is 19.5 Å². The highest BCUT2D eigenvalue weighted by Crippen LogP contribution is 2.33. The molecule has 0 fully saturated rings. The molecular weight excluding hydrogens is 511 g/mol. The summed E-state index contributed by atoms with van der Waals surface area (Å²) in [6.07, 6.45) is -1.01. The number of carboxylic acids is 1. The van der Waals surface area contributed by atoms with Crippen LogP contribution in [0.5, 0.6) is 11.5 Å². The second-order valence-corrected chi connectivity index (χ2v) is 7.96. The monoisotopic (exact) mass is 531 g/mol. The molecule has 0 saturated heterocycles. The number of tetrazole rings is 1. The molecule has 1 amide bonds. The molecule has 38 heavy (non-hydrogen) atoms. The molecule has 1 aliphatic rings. The highest BCUT2D eigenvalue weighted by atomic mass is 19.4. The van der Waals surface area contributed by atoms with Gasteiger partial charge in [-0.25, -0.2) is 4.79 Å². The number of hydrogen-bond donors (Lipinski definition) is 4. The van der Waals surface area contributed by atoms with Crippen molar-refractivity contribution in [3.05, 3.63) is 54.4 Å². The van der Waals surface area contributed by atoms with E-state index in [0.717, 1.165) is 28.2 Å². The fourth-order valence-electron chi connectivity index (χ4n) is 3.60. The van der Waals surface area contributed by atoms with Crippen molar-refractivity contribution in [3.8, 4) is 34.0 Å². The third kappa shape index (κ3) is 6.05. The Balaban J connectivity index is 0.000000426. The molecule has 12 nitrogen and oxygen atoms in total. The summed E-state index contributed by atoms with van der Waals surface area (Å²) >= 11 is 0. The zero-order valence-electron chi connectivity index (χ0n) is 19.6. The van der Waals surface area contributed by atoms with E-state index in [0.29, 0.717) is 30.1 Å². The molecule has 0 radical (unpaired) electrons. The first-order valence-electron chi connectivity index (χ1n) is 10.9. The van der Waals surface area contributed by atoms with E-state index in [4.69, 9.17) is 19.4 Å². The molecule has 0 aliphatic carbocycles. The van der Waals surface area contributed by atoms with Crippen molar-refractivity contribution < 1.29 is 37.3 Å². The van der Waals surface area contributed by atoms with Gasteiger partial charge in [0.25, 0.3) is 0 Å². The van der Waals surface area contributed by atoms with E-state index in [2.05, 4.69) is 36.1 Å². The van der Waals surface area contributed by atoms with E-state index < -0.39 is 12.1 Å². The number of amides is 1. The van der Waals surface area contributed by atoms with Gasteiger partial charge in [-0.15, -0.1) is 10.2 Å². The number of nitrogens with zero attached hydrogens (tertiary/aromatic N) is 4. The van der Waals surface area contributed by atoms with Crippen LogP contribution >= 0.6 is 0 Å². The number of alkyl halides is 3. The van der Waals surface area contributed by atoms with Crippen molar-refractivity contribution in [2.75, 3.05) is 19.0 Å². The molecule has 1 atom stereocenters. The molecular formula is C23H20F3N7O5. The number of halogens is 3. The lowest BCUT2D eigenvalue weighted by Gasteiger charge is -2.25. The third-order valence-corrected chi connectivity index (χ3v) is 5.48. The number of hydrogen-bond acceptors (Lipinski definition) is 8. The molecule has 2 aromatic heterocycles. The zero-order valence-corrected chi connectivity index (χ0v) is 19.6. The van der Waals surface area contributed by atoms with E-state index in [-0.39, 0.29) is 11.8 Å². The quantitative estimate of drug-likeness (QED) is 0.302. The number of carbonyl (C=O) groups excluding carboxylic acids is 1. The topological polar surface area (TPSA) is 168 Å². The smallest absolute Gasteiger partial charge is 0.490 e. The fraction of sp³-hybridized carbons (Fsp3) is 0.217. The lowest BCUT2D eigenvalue weighted by molar-refractivity contribution is -0.192. The van der Waals surface area contributed by atoms with Crippen molar-refractivity contribution in [1.29, 1.82) is 0 Å². The van der Waals surface area contributed by atoms with Crippen molar-refractivity contribution in [2.45, 2.75) is 12.6 Å². The number of anilines is 1. The highest BCUT2D eigenvalue weighted by Gasteiger charge is 2.38. The van der Waals surface area contributed by atoms with Crippen molar-refractivity contribution in [3.63, 3.8) is 0 Å². The predicted molar refractivity (Wildman–Crippen MR) is 125 cm³/mol. The minimum atomic E-state index is -5.08. The van der Waals surface area contributed by atoms with E-state index in [1.807, 2.05) is 36.4 Å². The summed E-state index contributed by atoms with van der Waals surface area (Å²) in [4.78, 5) is 22.0. The maximum atomic E-state index is 13.1. The van der Waals surface area contributed by atoms with Crippen molar-refractivity contribution in [2.24, 2.45) is 5.92 Å². The van der Waals surface area contributed by atoms with Gasteiger partial charge >= 0.3 is 12.1 Å². The number of aliphatic carboxylic acids is 1. The minimum Gasteiger partial charge on any atom is -0.497 e. The molecule has 1 unspecified atom stereocenters. The number of benzene rings is 2. The number of ether oxygens (including phenoxy) is 2. The van der Waals surface area contributed by atoms with Crippen LogP contribution in [0.2, 0.25) is 0 Å². The van der Waals surface area contributed by atoms with E-state index in [9.17, 15) is 18.0 Å². The molecule has 2 aromatic carbocycles. The Bertz CT molecular complexity index is 1410. The zero-order chi connectivity index (χ0) is 27.3. The van der Waals surface area contributed by atoms with E-state index in [1.165, 1.54) is 0 Å². The number of nitrogens with one attached hydrogen (secondary N) is 3. The number of carboxylic acid groups (broad SMARTS) is 1. The van der Waals surface area contributed by atoms with Gasteiger partial charge in [0.1, 0.15) is 18.1 Å². The van der Waals surface area contributed by atoms with Gasteiger partial charge in [0, 0.05) is 17.3 Å². The molecule has 15 heteroatoms. The van der Waals surface area contributed by atoms with Crippen LogP contribution in [0.4, 0.5) is 18.9 Å². The number of H-pyrrole nitrogens is 2. The summed E-state index contributed by atoms with van der Waals surface area (Å²) < 4.78 is 42.8. The molecule has 0 spiro atoms. The maximum absolute atomic E-state index is 13.1. The Hall–Kier alpha value is -4.95. The van der Waals surface area contributed by atoms with Crippen LogP contribution in [0.3, 0.4) is 0 Å². The summed E-state index contributed by atoms with van der Waals surface area (Å²) in [6.45, 7) is 0.301. The lowest BCUT2D eigenvalue weighted by atomic mass is 9.95. The highest BCUT2D eigenvalue weighted by molar-refractivity contribution is 5.97. The van der Waals surface area contributed by atoms with Gasteiger partial charge in [0.15, 0.2) is 0 Å². The van der Waals surface area contributed by atoms with Crippen LogP contribution in [0.25, 0.3) is 22.5 Å². The van der Waals surface area contributed by atoms with Gasteiger partial charge in [-0.1, -0.05) is 6.07 Å². The Morgan fingerprint density at radius 1 is 1.18 bits per heavy atom. The second kappa shape index (κ2) is 11.0. The molecule has 1 aliphatic heterocycles. The van der Waals surface area contributed by atoms with Gasteiger partial charge in [0.05, 0.1) is 24.9 Å². The van der Waals surface area contributed by atoms with Crippen LogP contribution in [-0.4, -0.2) is 67.7 Å². The summed E-state index contributed by atoms with van der Waals surface area (Å²) in [6, 6.07) is 11.2. The Labute approximate surface area is 212 Å². The average Bonchev–Trinajstić information content (AvgIpc) is 3.63. The first-order chi connectivity index (χ1) is 18.2. The van der Waals surface area contributed by atoms with E-state index >= 15 is 0 Å². The third-order valence-electron chi connectivity index (χ3n) is 5.48. The van der Waals surface area contributed by atoms with Crippen LogP contribution < -0.4 is 14.8 Å². The van der Waals surface area contributed by atoms with Gasteiger partial charge in [-0.05, 0) is 53.1 Å². The van der Waals surface area contributed by atoms with Gasteiger partial charge in [-0.3, -0.25) is 9.89 Å². The van der Waals surface area contributed by atoms with Crippen LogP contribution in [0.15, 0.2) is 48.8 Å². The van der Waals surface area contributed by atoms with Crippen LogP contribution in [0.1, 0.15) is 5.56 Å². The SMILES string of the molecule is COc1ccc2c(c1)CC(C(=O)Nc1ccc(-c3cn[nH]c3)cc1-c1nn[nH]n1)CO2.O=C(O)C(F)(F)F. The molecule has 0 bridgehead atoms. The number of aromatic amines is 2. The Kier molecular flexibility index (Phi) is 7.55. The molecule has 5 rings (SSSR count). The summed E-state index contributed by atoms with van der Waals surface area (Å²) in [7, 11) is 1.61. The van der Waals surface area contributed by atoms with Crippen LogP contribution in [-0.2, 0) is 16.0 Å². The number of fused-ring (bicyclic) bond motifs is 1. The lowest BCUT2D eigenvalue weighted by Crippen LogP contribution is -2.32. The van der Waals surface area contributed by atoms with Crippen LogP contribution in [0, 0.1) is 5.92 Å².